The van der Waals surface area contributed by atoms with E-state index in [1.165, 1.54) is 0 Å². The van der Waals surface area contributed by atoms with Crippen LogP contribution in [0.5, 0.6) is 5.75 Å². The molecular formula is C24H25NO4S. The lowest BCUT2D eigenvalue weighted by Gasteiger charge is -2.26. The minimum atomic E-state index is -3.48. The third-order valence-electron chi connectivity index (χ3n) is 5.13. The number of sulfone groups is 1. The van der Waals surface area contributed by atoms with E-state index < -0.39 is 9.84 Å². The van der Waals surface area contributed by atoms with E-state index in [0.717, 1.165) is 11.3 Å². The molecule has 1 unspecified atom stereocenters. The molecule has 0 fully saturated rings. The van der Waals surface area contributed by atoms with Crippen LogP contribution in [0.2, 0.25) is 0 Å². The molecule has 0 saturated carbocycles. The molecule has 3 rings (SSSR count). The highest BCUT2D eigenvalue weighted by Gasteiger charge is 2.21. The van der Waals surface area contributed by atoms with Gasteiger partial charge in [0.05, 0.1) is 23.8 Å². The van der Waals surface area contributed by atoms with Gasteiger partial charge in [-0.05, 0) is 54.4 Å². The molecule has 0 aromatic heterocycles. The summed E-state index contributed by atoms with van der Waals surface area (Å²) in [4.78, 5) is 14.9. The molecule has 30 heavy (non-hydrogen) atoms. The number of hydrogen-bond acceptors (Lipinski definition) is 4. The van der Waals surface area contributed by atoms with Crippen molar-refractivity contribution in [1.82, 2.24) is 4.90 Å². The molecule has 0 heterocycles. The van der Waals surface area contributed by atoms with E-state index in [1.54, 1.807) is 73.7 Å². The normalized spacial score (nSPS) is 12.2. The molecule has 0 radical (unpaired) electrons. The first-order valence-corrected chi connectivity index (χ1v) is 11.2. The van der Waals surface area contributed by atoms with Crippen molar-refractivity contribution in [2.75, 3.05) is 14.2 Å². The first-order valence-electron chi connectivity index (χ1n) is 9.59. The van der Waals surface area contributed by atoms with E-state index >= 15 is 0 Å². The molecule has 156 valence electrons. The summed E-state index contributed by atoms with van der Waals surface area (Å²) >= 11 is 0. The van der Waals surface area contributed by atoms with Crippen molar-refractivity contribution in [2.45, 2.75) is 23.6 Å². The zero-order chi connectivity index (χ0) is 21.7. The molecule has 6 heteroatoms. The van der Waals surface area contributed by atoms with Crippen molar-refractivity contribution >= 4 is 15.7 Å². The van der Waals surface area contributed by atoms with Crippen LogP contribution in [0.4, 0.5) is 0 Å². The summed E-state index contributed by atoms with van der Waals surface area (Å²) < 4.78 is 30.5. The van der Waals surface area contributed by atoms with Crippen molar-refractivity contribution in [3.8, 4) is 5.75 Å². The number of benzene rings is 3. The van der Waals surface area contributed by atoms with Crippen LogP contribution in [0.3, 0.4) is 0 Å². The zero-order valence-corrected chi connectivity index (χ0v) is 18.1. The van der Waals surface area contributed by atoms with E-state index in [1.807, 2.05) is 31.2 Å². The molecule has 1 amide bonds. The molecule has 0 saturated heterocycles. The van der Waals surface area contributed by atoms with Gasteiger partial charge in [-0.15, -0.1) is 0 Å². The van der Waals surface area contributed by atoms with Crippen LogP contribution in [0.1, 0.15) is 34.5 Å². The van der Waals surface area contributed by atoms with Crippen molar-refractivity contribution in [3.05, 3.63) is 95.6 Å². The van der Waals surface area contributed by atoms with Crippen LogP contribution < -0.4 is 4.74 Å². The first-order chi connectivity index (χ1) is 14.3. The maximum absolute atomic E-state index is 13.0. The van der Waals surface area contributed by atoms with Gasteiger partial charge in [-0.2, -0.15) is 0 Å². The smallest absolute Gasteiger partial charge is 0.254 e. The molecule has 3 aromatic rings. The Morgan fingerprint density at radius 2 is 1.63 bits per heavy atom. The van der Waals surface area contributed by atoms with Gasteiger partial charge in [-0.1, -0.05) is 42.5 Å². The average molecular weight is 424 g/mol. The fourth-order valence-corrected chi connectivity index (χ4v) is 4.57. The Kier molecular flexibility index (Phi) is 6.57. The maximum Gasteiger partial charge on any atom is 0.254 e. The molecule has 5 nitrogen and oxygen atoms in total. The summed E-state index contributed by atoms with van der Waals surface area (Å²) in [7, 11) is -0.128. The second-order valence-corrected chi connectivity index (χ2v) is 9.13. The highest BCUT2D eigenvalue weighted by atomic mass is 32.2. The minimum absolute atomic E-state index is 0.153. The van der Waals surface area contributed by atoms with Crippen LogP contribution in [0.15, 0.2) is 83.8 Å². The van der Waals surface area contributed by atoms with Gasteiger partial charge >= 0.3 is 0 Å². The number of nitrogens with zero attached hydrogens (tertiary/aromatic N) is 1. The van der Waals surface area contributed by atoms with Crippen LogP contribution in [-0.2, 0) is 15.6 Å². The van der Waals surface area contributed by atoms with Gasteiger partial charge in [0, 0.05) is 12.6 Å². The summed E-state index contributed by atoms with van der Waals surface area (Å²) in [6, 6.07) is 22.5. The molecule has 0 aliphatic heterocycles. The van der Waals surface area contributed by atoms with Gasteiger partial charge < -0.3 is 9.64 Å². The summed E-state index contributed by atoms with van der Waals surface area (Å²) in [5.74, 6) is 0.431. The zero-order valence-electron chi connectivity index (χ0n) is 17.3. The highest BCUT2D eigenvalue weighted by Crippen LogP contribution is 2.24. The third kappa shape index (κ3) is 4.89. The number of carbonyl (C=O) groups is 1. The van der Waals surface area contributed by atoms with Gasteiger partial charge in [-0.3, -0.25) is 4.79 Å². The first kappa shape index (κ1) is 21.6. The Hall–Kier alpha value is -3.12. The molecular weight excluding hydrogens is 398 g/mol. The molecule has 1 atom stereocenters. The van der Waals surface area contributed by atoms with Gasteiger partial charge in [0.25, 0.3) is 5.91 Å². The molecule has 0 aliphatic rings. The Balaban J connectivity index is 1.78. The maximum atomic E-state index is 13.0. The largest absolute Gasteiger partial charge is 0.497 e. The van der Waals surface area contributed by atoms with Crippen molar-refractivity contribution < 1.29 is 17.9 Å². The molecule has 0 aliphatic carbocycles. The number of carbonyl (C=O) groups excluding carboxylic acids is 1. The van der Waals surface area contributed by atoms with E-state index in [0.29, 0.717) is 11.1 Å². The van der Waals surface area contributed by atoms with E-state index in [2.05, 4.69) is 0 Å². The third-order valence-corrected chi connectivity index (χ3v) is 6.84. The Labute approximate surface area is 177 Å². The van der Waals surface area contributed by atoms with Crippen molar-refractivity contribution in [2.24, 2.45) is 0 Å². The molecule has 0 N–H and O–H groups in total. The number of ether oxygens (including phenoxy) is 1. The molecule has 0 bridgehead atoms. The van der Waals surface area contributed by atoms with Gasteiger partial charge in [0.1, 0.15) is 5.75 Å². The average Bonchev–Trinajstić information content (AvgIpc) is 2.78. The van der Waals surface area contributed by atoms with Gasteiger partial charge in [0.15, 0.2) is 9.84 Å². The quantitative estimate of drug-likeness (QED) is 0.561. The fourth-order valence-electron chi connectivity index (χ4n) is 3.21. The summed E-state index contributed by atoms with van der Waals surface area (Å²) in [6.07, 6.45) is 0. The number of hydrogen-bond donors (Lipinski definition) is 0. The molecule has 0 spiro atoms. The van der Waals surface area contributed by atoms with E-state index in [4.69, 9.17) is 4.74 Å². The summed E-state index contributed by atoms with van der Waals surface area (Å²) in [6.45, 7) is 1.95. The van der Waals surface area contributed by atoms with Crippen LogP contribution in [0.25, 0.3) is 0 Å². The standard InChI is InChI=1S/C24H25NO4S/c1-18(20-12-14-22(29-3)15-13-20)25(2)24(26)21-9-7-8-19(16-21)17-30(27,28)23-10-5-4-6-11-23/h4-16,18H,17H2,1-3H3. The highest BCUT2D eigenvalue weighted by molar-refractivity contribution is 7.90. The minimum Gasteiger partial charge on any atom is -0.497 e. The predicted molar refractivity (Wildman–Crippen MR) is 117 cm³/mol. The lowest BCUT2D eigenvalue weighted by atomic mass is 10.1. The van der Waals surface area contributed by atoms with Crippen molar-refractivity contribution in [3.63, 3.8) is 0 Å². The second-order valence-electron chi connectivity index (χ2n) is 7.14. The monoisotopic (exact) mass is 423 g/mol. The Bertz CT molecular complexity index is 1110. The van der Waals surface area contributed by atoms with Gasteiger partial charge in [0.2, 0.25) is 0 Å². The number of rotatable bonds is 7. The summed E-state index contributed by atoms with van der Waals surface area (Å²) in [5.41, 5.74) is 2.02. The SMILES string of the molecule is COc1ccc(C(C)N(C)C(=O)c2cccc(CS(=O)(=O)c3ccccc3)c2)cc1. The summed E-state index contributed by atoms with van der Waals surface area (Å²) in [5, 5.41) is 0. The van der Waals surface area contributed by atoms with Crippen molar-refractivity contribution in [1.29, 1.82) is 0 Å². The Morgan fingerprint density at radius 1 is 0.967 bits per heavy atom. The predicted octanol–water partition coefficient (Wildman–Crippen LogP) is 4.50. The number of methoxy groups -OCH3 is 1. The van der Waals surface area contributed by atoms with Gasteiger partial charge in [-0.25, -0.2) is 8.42 Å². The van der Waals surface area contributed by atoms with E-state index in [-0.39, 0.29) is 22.6 Å². The number of amides is 1. The topological polar surface area (TPSA) is 63.7 Å². The van der Waals surface area contributed by atoms with E-state index in [9.17, 15) is 13.2 Å². The van der Waals surface area contributed by atoms with Crippen LogP contribution >= 0.6 is 0 Å². The second kappa shape index (κ2) is 9.13. The lowest BCUT2D eigenvalue weighted by Crippen LogP contribution is -2.29. The fraction of sp³-hybridized carbons (Fsp3) is 0.208. The Morgan fingerprint density at radius 3 is 2.27 bits per heavy atom. The van der Waals surface area contributed by atoms with Crippen LogP contribution in [0, 0.1) is 0 Å². The molecule has 3 aromatic carbocycles. The van der Waals surface area contributed by atoms with Crippen LogP contribution in [-0.4, -0.2) is 33.4 Å². The lowest BCUT2D eigenvalue weighted by molar-refractivity contribution is 0.0742.